The van der Waals surface area contributed by atoms with Crippen LogP contribution in [0.25, 0.3) is 0 Å². The van der Waals surface area contributed by atoms with E-state index in [2.05, 4.69) is 0 Å². The van der Waals surface area contributed by atoms with Gasteiger partial charge in [0, 0.05) is 13.1 Å². The number of sulfonamides is 1. The van der Waals surface area contributed by atoms with Crippen LogP contribution in [0.5, 0.6) is 0 Å². The number of nitrogens with zero attached hydrogens (tertiary/aromatic N) is 1. The van der Waals surface area contributed by atoms with E-state index in [4.69, 9.17) is 5.73 Å². The lowest BCUT2D eigenvalue weighted by Gasteiger charge is -2.22. The van der Waals surface area contributed by atoms with Crippen LogP contribution in [-0.4, -0.2) is 19.3 Å². The quantitative estimate of drug-likeness (QED) is 0.864. The fourth-order valence-electron chi connectivity index (χ4n) is 2.20. The highest BCUT2D eigenvalue weighted by Crippen LogP contribution is 2.23. The molecule has 112 valence electrons. The van der Waals surface area contributed by atoms with Crippen LogP contribution in [0, 0.1) is 6.92 Å². The van der Waals surface area contributed by atoms with Gasteiger partial charge in [-0.3, -0.25) is 0 Å². The van der Waals surface area contributed by atoms with E-state index in [1.165, 1.54) is 4.31 Å². The van der Waals surface area contributed by atoms with E-state index in [1.807, 2.05) is 38.1 Å². The second-order valence-electron chi connectivity index (χ2n) is 4.90. The lowest BCUT2D eigenvalue weighted by atomic mass is 10.1. The molecule has 0 heterocycles. The van der Waals surface area contributed by atoms with Crippen LogP contribution < -0.4 is 5.73 Å². The van der Waals surface area contributed by atoms with Gasteiger partial charge in [-0.2, -0.15) is 4.31 Å². The number of aryl methyl sites for hydroxylation is 1. The fourth-order valence-corrected chi connectivity index (χ4v) is 3.74. The van der Waals surface area contributed by atoms with Crippen molar-refractivity contribution in [1.82, 2.24) is 4.31 Å². The average molecular weight is 304 g/mol. The van der Waals surface area contributed by atoms with Gasteiger partial charge in [0.25, 0.3) is 0 Å². The summed E-state index contributed by atoms with van der Waals surface area (Å²) in [7, 11) is -3.59. The van der Waals surface area contributed by atoms with Crippen LogP contribution in [0.1, 0.15) is 18.1 Å². The Morgan fingerprint density at radius 2 is 1.67 bits per heavy atom. The van der Waals surface area contributed by atoms with E-state index in [-0.39, 0.29) is 10.6 Å². The van der Waals surface area contributed by atoms with E-state index in [1.54, 1.807) is 24.3 Å². The largest absolute Gasteiger partial charge is 0.398 e. The van der Waals surface area contributed by atoms with Crippen LogP contribution in [0.15, 0.2) is 53.4 Å². The Morgan fingerprint density at radius 3 is 2.29 bits per heavy atom. The average Bonchev–Trinajstić information content (AvgIpc) is 2.46. The van der Waals surface area contributed by atoms with Crippen molar-refractivity contribution in [2.45, 2.75) is 25.3 Å². The maximum Gasteiger partial charge on any atom is 0.245 e. The number of hydrogen-bond donors (Lipinski definition) is 1. The third-order valence-corrected chi connectivity index (χ3v) is 5.49. The zero-order valence-corrected chi connectivity index (χ0v) is 13.1. The molecule has 2 aromatic carbocycles. The van der Waals surface area contributed by atoms with Crippen molar-refractivity contribution in [2.75, 3.05) is 12.3 Å². The maximum absolute atomic E-state index is 12.7. The molecule has 0 aromatic heterocycles. The number of para-hydroxylation sites is 1. The van der Waals surface area contributed by atoms with Gasteiger partial charge in [0.15, 0.2) is 0 Å². The van der Waals surface area contributed by atoms with Gasteiger partial charge in [-0.25, -0.2) is 8.42 Å². The number of nitrogens with two attached hydrogens (primary N) is 1. The van der Waals surface area contributed by atoms with Crippen molar-refractivity contribution in [3.05, 3.63) is 59.7 Å². The summed E-state index contributed by atoms with van der Waals surface area (Å²) in [6.07, 6.45) is 0. The maximum atomic E-state index is 12.7. The summed E-state index contributed by atoms with van der Waals surface area (Å²) < 4.78 is 26.9. The molecule has 0 radical (unpaired) electrons. The van der Waals surface area contributed by atoms with Crippen molar-refractivity contribution >= 4 is 15.7 Å². The molecule has 4 nitrogen and oxygen atoms in total. The molecule has 0 bridgehead atoms. The Bertz CT molecular complexity index is 727. The monoisotopic (exact) mass is 304 g/mol. The van der Waals surface area contributed by atoms with Gasteiger partial charge in [0.2, 0.25) is 10.0 Å². The van der Waals surface area contributed by atoms with Crippen LogP contribution in [0.4, 0.5) is 5.69 Å². The van der Waals surface area contributed by atoms with Crippen LogP contribution in [-0.2, 0) is 16.6 Å². The highest BCUT2D eigenvalue weighted by atomic mass is 32.2. The summed E-state index contributed by atoms with van der Waals surface area (Å²) in [6, 6.07) is 14.4. The molecular weight excluding hydrogens is 284 g/mol. The molecule has 0 saturated heterocycles. The predicted octanol–water partition coefficient (Wildman–Crippen LogP) is 2.79. The second-order valence-corrected chi connectivity index (χ2v) is 6.80. The van der Waals surface area contributed by atoms with Gasteiger partial charge in [0.1, 0.15) is 4.90 Å². The smallest absolute Gasteiger partial charge is 0.245 e. The molecule has 0 fully saturated rings. The molecule has 0 unspecified atom stereocenters. The van der Waals surface area contributed by atoms with E-state index in [0.29, 0.717) is 13.1 Å². The topological polar surface area (TPSA) is 63.4 Å². The zero-order valence-electron chi connectivity index (χ0n) is 12.3. The summed E-state index contributed by atoms with van der Waals surface area (Å²) in [6.45, 7) is 4.55. The lowest BCUT2D eigenvalue weighted by molar-refractivity contribution is 0.423. The van der Waals surface area contributed by atoms with E-state index < -0.39 is 10.0 Å². The summed E-state index contributed by atoms with van der Waals surface area (Å²) >= 11 is 0. The minimum absolute atomic E-state index is 0.167. The molecular formula is C16H20N2O2S. The normalized spacial score (nSPS) is 11.8. The van der Waals surface area contributed by atoms with Gasteiger partial charge in [-0.05, 0) is 30.2 Å². The standard InChI is InChI=1S/C16H20N2O2S/c1-3-18(12-14-9-5-4-8-13(14)2)21(19,20)16-11-7-6-10-15(16)17/h4-11H,3,12,17H2,1-2H3. The van der Waals surface area contributed by atoms with Crippen molar-refractivity contribution in [3.8, 4) is 0 Å². The molecule has 0 aliphatic carbocycles. The first-order chi connectivity index (χ1) is 9.96. The van der Waals surface area contributed by atoms with Gasteiger partial charge in [0.05, 0.1) is 5.69 Å². The Hall–Kier alpha value is -1.85. The molecule has 5 heteroatoms. The second kappa shape index (κ2) is 6.28. The first kappa shape index (κ1) is 15.5. The van der Waals surface area contributed by atoms with Crippen molar-refractivity contribution in [2.24, 2.45) is 0 Å². The molecule has 0 spiro atoms. The first-order valence-electron chi connectivity index (χ1n) is 6.86. The number of hydrogen-bond acceptors (Lipinski definition) is 3. The van der Waals surface area contributed by atoms with Gasteiger partial charge < -0.3 is 5.73 Å². The Morgan fingerprint density at radius 1 is 1.05 bits per heavy atom. The summed E-state index contributed by atoms with van der Waals surface area (Å²) in [4.78, 5) is 0.167. The molecule has 0 aliphatic heterocycles. The van der Waals surface area contributed by atoms with Gasteiger partial charge >= 0.3 is 0 Å². The van der Waals surface area contributed by atoms with E-state index >= 15 is 0 Å². The number of benzene rings is 2. The summed E-state index contributed by atoms with van der Waals surface area (Å²) in [5.74, 6) is 0. The molecule has 2 aromatic rings. The fraction of sp³-hybridized carbons (Fsp3) is 0.250. The molecule has 0 saturated carbocycles. The third kappa shape index (κ3) is 3.25. The lowest BCUT2D eigenvalue weighted by Crippen LogP contribution is -2.31. The predicted molar refractivity (Wildman–Crippen MR) is 85.3 cm³/mol. The minimum atomic E-state index is -3.59. The van der Waals surface area contributed by atoms with Crippen LogP contribution >= 0.6 is 0 Å². The number of anilines is 1. The summed E-state index contributed by atoms with van der Waals surface area (Å²) in [5, 5.41) is 0. The molecule has 2 rings (SSSR count). The van der Waals surface area contributed by atoms with Crippen molar-refractivity contribution < 1.29 is 8.42 Å². The van der Waals surface area contributed by atoms with Gasteiger partial charge in [-0.15, -0.1) is 0 Å². The highest BCUT2D eigenvalue weighted by Gasteiger charge is 2.25. The van der Waals surface area contributed by atoms with Crippen molar-refractivity contribution in [1.29, 1.82) is 0 Å². The molecule has 0 amide bonds. The zero-order chi connectivity index (χ0) is 15.5. The first-order valence-corrected chi connectivity index (χ1v) is 8.30. The Labute approximate surface area is 126 Å². The Balaban J connectivity index is 2.37. The van der Waals surface area contributed by atoms with E-state index in [0.717, 1.165) is 11.1 Å². The van der Waals surface area contributed by atoms with Crippen molar-refractivity contribution in [3.63, 3.8) is 0 Å². The molecule has 0 atom stereocenters. The van der Waals surface area contributed by atoms with Gasteiger partial charge in [-0.1, -0.05) is 43.3 Å². The molecule has 2 N–H and O–H groups in total. The number of rotatable bonds is 5. The summed E-state index contributed by atoms with van der Waals surface area (Å²) in [5.41, 5.74) is 8.17. The minimum Gasteiger partial charge on any atom is -0.398 e. The van der Waals surface area contributed by atoms with Crippen LogP contribution in [0.2, 0.25) is 0 Å². The van der Waals surface area contributed by atoms with E-state index in [9.17, 15) is 8.42 Å². The third-order valence-electron chi connectivity index (χ3n) is 3.50. The SMILES string of the molecule is CCN(Cc1ccccc1C)S(=O)(=O)c1ccccc1N. The molecule has 0 aliphatic rings. The van der Waals surface area contributed by atoms with Crippen LogP contribution in [0.3, 0.4) is 0 Å². The number of nitrogen functional groups attached to an aromatic ring is 1. The Kier molecular flexibility index (Phi) is 4.65. The highest BCUT2D eigenvalue weighted by molar-refractivity contribution is 7.89. The molecule has 21 heavy (non-hydrogen) atoms.